The van der Waals surface area contributed by atoms with Crippen molar-refractivity contribution in [1.82, 2.24) is 5.32 Å². The summed E-state index contributed by atoms with van der Waals surface area (Å²) in [6.45, 7) is 1.62. The molecule has 1 aliphatic carbocycles. The van der Waals surface area contributed by atoms with E-state index >= 15 is 0 Å². The first-order chi connectivity index (χ1) is 8.76. The van der Waals surface area contributed by atoms with Crippen LogP contribution < -0.4 is 5.32 Å². The minimum atomic E-state index is -0.105. The zero-order valence-electron chi connectivity index (χ0n) is 11.0. The maximum absolute atomic E-state index is 13.5. The zero-order valence-corrected chi connectivity index (χ0v) is 11.9. The fraction of sp³-hybridized carbons (Fsp3) is 0.600. The van der Waals surface area contributed by atoms with E-state index in [1.807, 2.05) is 23.9 Å². The molecule has 100 valence electrons. The third-order valence-corrected chi connectivity index (χ3v) is 5.34. The minimum Gasteiger partial charge on any atom is -0.311 e. The SMILES string of the molecule is CSC1(CNCc2ccccc2F)CCCCC1. The van der Waals surface area contributed by atoms with Gasteiger partial charge in [-0.1, -0.05) is 37.5 Å². The third-order valence-electron chi connectivity index (χ3n) is 3.92. The first-order valence-electron chi connectivity index (χ1n) is 6.75. The Bertz CT molecular complexity index is 375. The van der Waals surface area contributed by atoms with Crippen LogP contribution in [-0.4, -0.2) is 17.5 Å². The van der Waals surface area contributed by atoms with Crippen molar-refractivity contribution in [1.29, 1.82) is 0 Å². The molecule has 0 spiro atoms. The highest BCUT2D eigenvalue weighted by atomic mass is 32.2. The number of halogens is 1. The summed E-state index contributed by atoms with van der Waals surface area (Å²) in [4.78, 5) is 0. The van der Waals surface area contributed by atoms with E-state index in [4.69, 9.17) is 0 Å². The van der Waals surface area contributed by atoms with Gasteiger partial charge in [0, 0.05) is 23.4 Å². The molecule has 0 unspecified atom stereocenters. The van der Waals surface area contributed by atoms with Gasteiger partial charge in [0.1, 0.15) is 5.82 Å². The topological polar surface area (TPSA) is 12.0 Å². The fourth-order valence-electron chi connectivity index (χ4n) is 2.72. The van der Waals surface area contributed by atoms with Crippen LogP contribution in [0.4, 0.5) is 4.39 Å². The molecule has 0 amide bonds. The van der Waals surface area contributed by atoms with Crippen LogP contribution in [0.15, 0.2) is 24.3 Å². The predicted molar refractivity (Wildman–Crippen MR) is 77.4 cm³/mol. The number of rotatable bonds is 5. The molecule has 1 aromatic rings. The summed E-state index contributed by atoms with van der Waals surface area (Å²) in [7, 11) is 0. The Balaban J connectivity index is 1.85. The summed E-state index contributed by atoms with van der Waals surface area (Å²) in [6.07, 6.45) is 8.83. The van der Waals surface area contributed by atoms with Crippen LogP contribution in [0.5, 0.6) is 0 Å². The quantitative estimate of drug-likeness (QED) is 0.866. The van der Waals surface area contributed by atoms with E-state index < -0.39 is 0 Å². The summed E-state index contributed by atoms with van der Waals surface area (Å²) >= 11 is 1.98. The molecule has 1 N–H and O–H groups in total. The third kappa shape index (κ3) is 3.48. The molecule has 1 saturated carbocycles. The summed E-state index contributed by atoms with van der Waals surface area (Å²) < 4.78 is 13.9. The van der Waals surface area contributed by atoms with Gasteiger partial charge in [0.2, 0.25) is 0 Å². The molecule has 0 radical (unpaired) electrons. The molecule has 0 aromatic heterocycles. The highest BCUT2D eigenvalue weighted by Gasteiger charge is 2.30. The van der Waals surface area contributed by atoms with Crippen molar-refractivity contribution in [2.24, 2.45) is 0 Å². The number of hydrogen-bond donors (Lipinski definition) is 1. The second kappa shape index (κ2) is 6.58. The Morgan fingerprint density at radius 1 is 1.22 bits per heavy atom. The summed E-state index contributed by atoms with van der Waals surface area (Å²) in [5.74, 6) is -0.105. The molecule has 1 nitrogen and oxygen atoms in total. The summed E-state index contributed by atoms with van der Waals surface area (Å²) in [6, 6.07) is 7.02. The second-order valence-electron chi connectivity index (χ2n) is 5.14. The van der Waals surface area contributed by atoms with Gasteiger partial charge in [-0.05, 0) is 25.2 Å². The predicted octanol–water partition coefficient (Wildman–Crippen LogP) is 3.98. The van der Waals surface area contributed by atoms with Crippen molar-refractivity contribution in [2.75, 3.05) is 12.8 Å². The highest BCUT2D eigenvalue weighted by Crippen LogP contribution is 2.37. The van der Waals surface area contributed by atoms with Gasteiger partial charge in [-0.2, -0.15) is 11.8 Å². The van der Waals surface area contributed by atoms with Gasteiger partial charge in [0.05, 0.1) is 0 Å². The van der Waals surface area contributed by atoms with Gasteiger partial charge in [0.15, 0.2) is 0 Å². The molecule has 1 aliphatic rings. The van der Waals surface area contributed by atoms with Gasteiger partial charge in [-0.15, -0.1) is 0 Å². The number of nitrogens with one attached hydrogen (secondary N) is 1. The number of benzene rings is 1. The lowest BCUT2D eigenvalue weighted by Crippen LogP contribution is -2.39. The minimum absolute atomic E-state index is 0.105. The van der Waals surface area contributed by atoms with Crippen LogP contribution in [-0.2, 0) is 6.54 Å². The molecule has 1 fully saturated rings. The summed E-state index contributed by atoms with van der Waals surface area (Å²) in [5.41, 5.74) is 0.768. The Labute approximate surface area is 114 Å². The van der Waals surface area contributed by atoms with Crippen LogP contribution in [0.3, 0.4) is 0 Å². The number of thioether (sulfide) groups is 1. The lowest BCUT2D eigenvalue weighted by atomic mass is 9.88. The van der Waals surface area contributed by atoms with Crippen molar-refractivity contribution in [3.8, 4) is 0 Å². The molecule has 2 rings (SSSR count). The van der Waals surface area contributed by atoms with E-state index in [0.29, 0.717) is 11.3 Å². The smallest absolute Gasteiger partial charge is 0.127 e. The number of hydrogen-bond acceptors (Lipinski definition) is 2. The van der Waals surface area contributed by atoms with E-state index in [1.54, 1.807) is 6.07 Å². The fourth-order valence-corrected chi connectivity index (χ4v) is 3.66. The van der Waals surface area contributed by atoms with Crippen LogP contribution in [0.2, 0.25) is 0 Å². The van der Waals surface area contributed by atoms with E-state index in [0.717, 1.165) is 12.1 Å². The maximum Gasteiger partial charge on any atom is 0.127 e. The van der Waals surface area contributed by atoms with Crippen molar-refractivity contribution in [2.45, 2.75) is 43.4 Å². The maximum atomic E-state index is 13.5. The van der Waals surface area contributed by atoms with Gasteiger partial charge < -0.3 is 5.32 Å². The molecular weight excluding hydrogens is 245 g/mol. The van der Waals surface area contributed by atoms with Crippen molar-refractivity contribution < 1.29 is 4.39 Å². The largest absolute Gasteiger partial charge is 0.311 e. The van der Waals surface area contributed by atoms with E-state index in [2.05, 4.69) is 11.6 Å². The van der Waals surface area contributed by atoms with Crippen LogP contribution in [0.25, 0.3) is 0 Å². The first-order valence-corrected chi connectivity index (χ1v) is 7.97. The monoisotopic (exact) mass is 267 g/mol. The van der Waals surface area contributed by atoms with Crippen molar-refractivity contribution in [3.63, 3.8) is 0 Å². The van der Waals surface area contributed by atoms with Gasteiger partial charge in [-0.25, -0.2) is 4.39 Å². The molecule has 0 heterocycles. The van der Waals surface area contributed by atoms with E-state index in [-0.39, 0.29) is 5.82 Å². The van der Waals surface area contributed by atoms with Crippen molar-refractivity contribution >= 4 is 11.8 Å². The zero-order chi connectivity index (χ0) is 12.8. The molecule has 18 heavy (non-hydrogen) atoms. The molecule has 0 aliphatic heterocycles. The molecule has 1 aromatic carbocycles. The normalized spacial score (nSPS) is 18.8. The van der Waals surface area contributed by atoms with Gasteiger partial charge >= 0.3 is 0 Å². The summed E-state index contributed by atoms with van der Waals surface area (Å²) in [5, 5.41) is 3.44. The van der Waals surface area contributed by atoms with E-state index in [9.17, 15) is 4.39 Å². The van der Waals surface area contributed by atoms with E-state index in [1.165, 1.54) is 38.2 Å². The standard InChI is InChI=1S/C15H22FNS/c1-18-15(9-5-2-6-10-15)12-17-11-13-7-3-4-8-14(13)16/h3-4,7-8,17H,2,5-6,9-12H2,1H3. The second-order valence-corrected chi connectivity index (χ2v) is 6.42. The molecule has 3 heteroatoms. The lowest BCUT2D eigenvalue weighted by molar-refractivity contribution is 0.378. The van der Waals surface area contributed by atoms with Crippen LogP contribution in [0.1, 0.15) is 37.7 Å². The van der Waals surface area contributed by atoms with Crippen LogP contribution in [0, 0.1) is 5.82 Å². The molecular formula is C15H22FNS. The van der Waals surface area contributed by atoms with Crippen molar-refractivity contribution in [3.05, 3.63) is 35.6 Å². The van der Waals surface area contributed by atoms with Crippen LogP contribution >= 0.6 is 11.8 Å². The molecule has 0 saturated heterocycles. The first kappa shape index (κ1) is 13.9. The molecule has 0 atom stereocenters. The van der Waals surface area contributed by atoms with Gasteiger partial charge in [-0.3, -0.25) is 0 Å². The average molecular weight is 267 g/mol. The van der Waals surface area contributed by atoms with Gasteiger partial charge in [0.25, 0.3) is 0 Å². The Hall–Kier alpha value is -0.540. The Morgan fingerprint density at radius 2 is 1.94 bits per heavy atom. The highest BCUT2D eigenvalue weighted by molar-refractivity contribution is 8.00. The Kier molecular flexibility index (Phi) is 5.07. The molecule has 0 bridgehead atoms. The Morgan fingerprint density at radius 3 is 2.61 bits per heavy atom. The average Bonchev–Trinajstić information content (AvgIpc) is 2.42. The lowest BCUT2D eigenvalue weighted by Gasteiger charge is -2.36.